The molecule has 0 saturated heterocycles. The number of aryl methyl sites for hydroxylation is 1. The fourth-order valence-electron chi connectivity index (χ4n) is 2.71. The number of amides is 2. The maximum absolute atomic E-state index is 13.8. The summed E-state index contributed by atoms with van der Waals surface area (Å²) in [6.07, 6.45) is 0. The molecule has 134 valence electrons. The first-order chi connectivity index (χ1) is 12.5. The van der Waals surface area contributed by atoms with E-state index >= 15 is 0 Å². The number of fused-ring (bicyclic) bond motifs is 1. The summed E-state index contributed by atoms with van der Waals surface area (Å²) in [7, 11) is 0. The molecule has 2 N–H and O–H groups in total. The number of nitrogens with one attached hydrogen (secondary N) is 2. The van der Waals surface area contributed by atoms with Gasteiger partial charge >= 0.3 is 6.03 Å². The van der Waals surface area contributed by atoms with E-state index in [0.717, 1.165) is 22.7 Å². The molecule has 0 saturated carbocycles. The molecule has 3 rings (SSSR count). The van der Waals surface area contributed by atoms with E-state index in [0.29, 0.717) is 5.82 Å². The van der Waals surface area contributed by atoms with Crippen molar-refractivity contribution in [3.63, 3.8) is 0 Å². The van der Waals surface area contributed by atoms with E-state index in [4.69, 9.17) is 0 Å². The Balaban J connectivity index is 1.65. The van der Waals surface area contributed by atoms with Crippen molar-refractivity contribution in [1.29, 1.82) is 0 Å². The van der Waals surface area contributed by atoms with Crippen LogP contribution >= 0.6 is 0 Å². The van der Waals surface area contributed by atoms with Crippen molar-refractivity contribution in [3.8, 4) is 0 Å². The summed E-state index contributed by atoms with van der Waals surface area (Å²) in [5.41, 5.74) is 1.70. The summed E-state index contributed by atoms with van der Waals surface area (Å²) >= 11 is 0. The molecule has 2 aromatic carbocycles. The van der Waals surface area contributed by atoms with Crippen molar-refractivity contribution < 1.29 is 13.6 Å². The van der Waals surface area contributed by atoms with E-state index in [-0.39, 0.29) is 12.1 Å². The van der Waals surface area contributed by atoms with E-state index < -0.39 is 23.7 Å². The van der Waals surface area contributed by atoms with Gasteiger partial charge in [-0.3, -0.25) is 0 Å². The first kappa shape index (κ1) is 17.7. The van der Waals surface area contributed by atoms with Crippen LogP contribution in [0.2, 0.25) is 0 Å². The molecule has 0 spiro atoms. The van der Waals surface area contributed by atoms with Gasteiger partial charge in [0.15, 0.2) is 11.6 Å². The lowest BCUT2D eigenvalue weighted by Gasteiger charge is -2.16. The summed E-state index contributed by atoms with van der Waals surface area (Å²) in [4.78, 5) is 20.8. The van der Waals surface area contributed by atoms with Crippen molar-refractivity contribution in [2.24, 2.45) is 0 Å². The number of nitrogens with zero attached hydrogens (tertiary/aromatic N) is 2. The number of carbonyl (C=O) groups excluding carboxylic acids is 1. The third kappa shape index (κ3) is 3.77. The van der Waals surface area contributed by atoms with Gasteiger partial charge in [-0.2, -0.15) is 0 Å². The van der Waals surface area contributed by atoms with Crippen LogP contribution in [0, 0.1) is 18.6 Å². The Hall–Kier alpha value is -3.09. The van der Waals surface area contributed by atoms with Crippen molar-refractivity contribution in [2.45, 2.75) is 26.4 Å². The van der Waals surface area contributed by atoms with Crippen LogP contribution in [0.5, 0.6) is 0 Å². The molecule has 7 heteroatoms. The second-order valence-corrected chi connectivity index (χ2v) is 5.93. The third-order valence-electron chi connectivity index (χ3n) is 4.04. The number of rotatable bonds is 4. The van der Waals surface area contributed by atoms with Gasteiger partial charge in [-0.25, -0.2) is 23.5 Å². The normalized spacial score (nSPS) is 12.0. The van der Waals surface area contributed by atoms with Gasteiger partial charge in [0.05, 0.1) is 18.1 Å². The highest BCUT2D eigenvalue weighted by Crippen LogP contribution is 2.19. The Kier molecular flexibility index (Phi) is 5.06. The molecule has 0 fully saturated rings. The minimum atomic E-state index is -0.964. The predicted octanol–water partition coefficient (Wildman–Crippen LogP) is 3.78. The van der Waals surface area contributed by atoms with Gasteiger partial charge in [0.25, 0.3) is 0 Å². The van der Waals surface area contributed by atoms with E-state index in [2.05, 4.69) is 20.6 Å². The van der Waals surface area contributed by atoms with Gasteiger partial charge in [0, 0.05) is 16.6 Å². The van der Waals surface area contributed by atoms with E-state index in [9.17, 15) is 13.6 Å². The molecule has 3 aromatic rings. The molecule has 2 amide bonds. The number of halogens is 2. The number of benzene rings is 2. The van der Waals surface area contributed by atoms with Gasteiger partial charge in [-0.15, -0.1) is 0 Å². The minimum Gasteiger partial charge on any atom is -0.332 e. The van der Waals surface area contributed by atoms with Gasteiger partial charge in [0.2, 0.25) is 0 Å². The number of hydrogen-bond donors (Lipinski definition) is 2. The van der Waals surface area contributed by atoms with Crippen LogP contribution in [0.3, 0.4) is 0 Å². The summed E-state index contributed by atoms with van der Waals surface area (Å²) in [5.74, 6) is -1.44. The molecule has 1 aromatic heterocycles. The van der Waals surface area contributed by atoms with Crippen molar-refractivity contribution in [2.75, 3.05) is 0 Å². The fourth-order valence-corrected chi connectivity index (χ4v) is 2.71. The largest absolute Gasteiger partial charge is 0.332 e. The number of para-hydroxylation sites is 1. The molecule has 1 unspecified atom stereocenters. The molecular weight excluding hydrogens is 338 g/mol. The summed E-state index contributed by atoms with van der Waals surface area (Å²) in [6, 6.07) is 10.3. The Morgan fingerprint density at radius 3 is 2.69 bits per heavy atom. The standard InChI is InChI=1S/C19H18F2N4O/c1-11-13-6-3-4-9-16(13)25-17(23-11)10-22-19(26)24-12(2)14-7-5-8-15(20)18(14)21/h3-9,12H,10H2,1-2H3,(H2,22,24,26). The topological polar surface area (TPSA) is 66.9 Å². The maximum Gasteiger partial charge on any atom is 0.315 e. The van der Waals surface area contributed by atoms with Gasteiger partial charge in [-0.05, 0) is 26.0 Å². The van der Waals surface area contributed by atoms with Crippen molar-refractivity contribution in [1.82, 2.24) is 20.6 Å². The van der Waals surface area contributed by atoms with E-state index in [1.165, 1.54) is 12.1 Å². The second-order valence-electron chi connectivity index (χ2n) is 5.93. The molecule has 0 aliphatic rings. The molecule has 0 aliphatic heterocycles. The van der Waals surface area contributed by atoms with Crippen LogP contribution in [-0.4, -0.2) is 16.0 Å². The number of aromatic nitrogens is 2. The molecule has 0 radical (unpaired) electrons. The minimum absolute atomic E-state index is 0.0814. The third-order valence-corrected chi connectivity index (χ3v) is 4.04. The van der Waals surface area contributed by atoms with Crippen LogP contribution in [0.4, 0.5) is 13.6 Å². The zero-order valence-corrected chi connectivity index (χ0v) is 14.4. The maximum atomic E-state index is 13.8. The SMILES string of the molecule is Cc1nc(CNC(=O)NC(C)c2cccc(F)c2F)nc2ccccc12. The zero-order valence-electron chi connectivity index (χ0n) is 14.4. The highest BCUT2D eigenvalue weighted by Gasteiger charge is 2.16. The lowest BCUT2D eigenvalue weighted by molar-refractivity contribution is 0.237. The predicted molar refractivity (Wildman–Crippen MR) is 94.4 cm³/mol. The average molecular weight is 356 g/mol. The molecule has 1 atom stereocenters. The van der Waals surface area contributed by atoms with E-state index in [1.807, 2.05) is 31.2 Å². The summed E-state index contributed by atoms with van der Waals surface area (Å²) < 4.78 is 27.1. The van der Waals surface area contributed by atoms with E-state index in [1.54, 1.807) is 6.92 Å². The lowest BCUT2D eigenvalue weighted by Crippen LogP contribution is -2.37. The highest BCUT2D eigenvalue weighted by molar-refractivity contribution is 5.80. The van der Waals surface area contributed by atoms with Crippen LogP contribution < -0.4 is 10.6 Å². The lowest BCUT2D eigenvalue weighted by atomic mass is 10.1. The molecule has 5 nitrogen and oxygen atoms in total. The van der Waals surface area contributed by atoms with Crippen molar-refractivity contribution in [3.05, 3.63) is 71.2 Å². The zero-order chi connectivity index (χ0) is 18.7. The first-order valence-electron chi connectivity index (χ1n) is 8.16. The smallest absolute Gasteiger partial charge is 0.315 e. The highest BCUT2D eigenvalue weighted by atomic mass is 19.2. The van der Waals surface area contributed by atoms with Gasteiger partial charge in [-0.1, -0.05) is 30.3 Å². The Labute approximate surface area is 149 Å². The fraction of sp³-hybridized carbons (Fsp3) is 0.211. The molecule has 0 aliphatic carbocycles. The van der Waals surface area contributed by atoms with Gasteiger partial charge < -0.3 is 10.6 Å². The summed E-state index contributed by atoms with van der Waals surface area (Å²) in [5, 5.41) is 6.16. The number of hydrogen-bond acceptors (Lipinski definition) is 3. The Morgan fingerprint density at radius 1 is 1.12 bits per heavy atom. The molecule has 0 bridgehead atoms. The molecule has 1 heterocycles. The summed E-state index contributed by atoms with van der Waals surface area (Å²) in [6.45, 7) is 3.58. The first-order valence-corrected chi connectivity index (χ1v) is 8.16. The second kappa shape index (κ2) is 7.43. The Morgan fingerprint density at radius 2 is 1.88 bits per heavy atom. The van der Waals surface area contributed by atoms with Crippen molar-refractivity contribution >= 4 is 16.9 Å². The van der Waals surface area contributed by atoms with Crippen LogP contribution in [0.25, 0.3) is 10.9 Å². The number of urea groups is 1. The molecule has 26 heavy (non-hydrogen) atoms. The quantitative estimate of drug-likeness (QED) is 0.748. The average Bonchev–Trinajstić information content (AvgIpc) is 2.62. The number of carbonyl (C=O) groups is 1. The molecular formula is C19H18F2N4O. The van der Waals surface area contributed by atoms with Gasteiger partial charge in [0.1, 0.15) is 5.82 Å². The monoisotopic (exact) mass is 356 g/mol. The van der Waals surface area contributed by atoms with Crippen LogP contribution in [0.15, 0.2) is 42.5 Å². The van der Waals surface area contributed by atoms with Crippen LogP contribution in [0.1, 0.15) is 30.0 Å². The Bertz CT molecular complexity index is 961. The van der Waals surface area contributed by atoms with Crippen LogP contribution in [-0.2, 0) is 6.54 Å².